The van der Waals surface area contributed by atoms with Gasteiger partial charge in [0.25, 0.3) is 0 Å². The first-order chi connectivity index (χ1) is 4.52. The van der Waals surface area contributed by atoms with Crippen LogP contribution in [-0.4, -0.2) is 63.4 Å². The Hall–Kier alpha value is 0.522. The molecule has 14 heavy (non-hydrogen) atoms. The molecule has 0 rings (SSSR count). The van der Waals surface area contributed by atoms with Gasteiger partial charge in [0.1, 0.15) is 0 Å². The second-order valence-corrected chi connectivity index (χ2v) is 0.986. The summed E-state index contributed by atoms with van der Waals surface area (Å²) in [5.41, 5.74) is 0. The summed E-state index contributed by atoms with van der Waals surface area (Å²) in [6.45, 7) is 0. The van der Waals surface area contributed by atoms with E-state index in [1.54, 1.807) is 0 Å². The third-order valence-electron chi connectivity index (χ3n) is 0.341. The molecule has 0 aromatic rings. The largest absolute Gasteiger partial charge is 0.528 e. The Kier molecular flexibility index (Phi) is 33.4. The van der Waals surface area contributed by atoms with E-state index < -0.39 is 18.5 Å². The molecule has 0 aliphatic rings. The molecule has 0 heterocycles. The van der Waals surface area contributed by atoms with Gasteiger partial charge in [0, 0.05) is 39.0 Å². The summed E-state index contributed by atoms with van der Waals surface area (Å²) in [4.78, 5) is 28.8. The summed E-state index contributed by atoms with van der Waals surface area (Å²) in [5.74, 6) is 0. The van der Waals surface area contributed by atoms with Crippen LogP contribution in [-0.2, 0) is 48.4 Å². The van der Waals surface area contributed by atoms with Gasteiger partial charge in [-0.1, -0.05) is 0 Å². The van der Waals surface area contributed by atoms with Gasteiger partial charge < -0.3 is 19.7 Å². The molecule has 0 amide bonds. The fourth-order valence-corrected chi connectivity index (χ4v) is 0.163. The molecule has 0 saturated carbocycles. The van der Waals surface area contributed by atoms with Crippen molar-refractivity contribution < 1.29 is 73.0 Å². The van der Waals surface area contributed by atoms with Crippen LogP contribution >= 0.6 is 0 Å². The number of rotatable bonds is 0. The van der Waals surface area contributed by atoms with E-state index in [9.17, 15) is 14.4 Å². The molecule has 7 nitrogen and oxygen atoms in total. The van der Waals surface area contributed by atoms with Crippen LogP contribution in [0.1, 0.15) is 0 Å². The van der Waals surface area contributed by atoms with E-state index in [-0.39, 0.29) is 73.7 Å². The molecule has 0 atom stereocenters. The summed E-state index contributed by atoms with van der Waals surface area (Å²) in [6, 6.07) is 0. The number of ether oxygens (including phenoxy) is 2. The Bertz CT molecular complexity index is 168. The molecule has 0 saturated heterocycles. The van der Waals surface area contributed by atoms with Crippen LogP contribution in [0.5, 0.6) is 0 Å². The van der Waals surface area contributed by atoms with Crippen LogP contribution in [0.2, 0.25) is 0 Å². The van der Waals surface area contributed by atoms with E-state index in [0.29, 0.717) is 0 Å². The molecule has 11 heteroatoms. The van der Waals surface area contributed by atoms with Crippen LogP contribution in [0.3, 0.4) is 0 Å². The predicted molar refractivity (Wildman–Crippen MR) is 43.5 cm³/mol. The molecule has 0 aliphatic carbocycles. The predicted octanol–water partition coefficient (Wildman–Crippen LogP) is -1.88. The maximum Gasteiger partial charge on any atom is 0.528 e. The molecule has 2 N–H and O–H groups in total. The van der Waals surface area contributed by atoms with Gasteiger partial charge in [0.15, 0.2) is 34.7 Å². The molecular weight excluding hydrogens is 333 g/mol. The van der Waals surface area contributed by atoms with Crippen molar-refractivity contribution in [3.8, 4) is 0 Å². The molecule has 72 valence electrons. The van der Waals surface area contributed by atoms with Gasteiger partial charge in [0.2, 0.25) is 0 Å². The fourth-order valence-electron chi connectivity index (χ4n) is 0.163. The minimum atomic E-state index is -1.92. The maximum absolute atomic E-state index is 9.86. The smallest absolute Gasteiger partial charge is 0.449 e. The number of carbonyl (C=O) groups excluding carboxylic acids is 1. The van der Waals surface area contributed by atoms with Crippen LogP contribution in [0.25, 0.3) is 0 Å². The van der Waals surface area contributed by atoms with Crippen LogP contribution in [0.15, 0.2) is 0 Å². The number of hydrogen-bond donors (Lipinski definition) is 2. The van der Waals surface area contributed by atoms with E-state index >= 15 is 0 Å². The van der Waals surface area contributed by atoms with Crippen LogP contribution in [0, 0.1) is 0 Å². The number of carbonyl (C=O) groups is 3. The van der Waals surface area contributed by atoms with Gasteiger partial charge in [-0.2, -0.15) is 0 Å². The average molecular weight is 341 g/mol. The third kappa shape index (κ3) is 22.9. The van der Waals surface area contributed by atoms with Crippen LogP contribution < -0.4 is 0 Å². The first-order valence-electron chi connectivity index (χ1n) is 1.88. The summed E-state index contributed by atoms with van der Waals surface area (Å²) in [6.07, 6.45) is -5.64. The second-order valence-electron chi connectivity index (χ2n) is 0.986. The zero-order valence-electron chi connectivity index (χ0n) is 5.85. The second kappa shape index (κ2) is 16.0. The van der Waals surface area contributed by atoms with Crippen molar-refractivity contribution in [1.29, 1.82) is 0 Å². The van der Waals surface area contributed by atoms with Crippen LogP contribution in [0.4, 0.5) is 14.4 Å². The quantitative estimate of drug-likeness (QED) is 0.302. The molecule has 0 fully saturated rings. The van der Waals surface area contributed by atoms with Gasteiger partial charge in [-0.25, -0.2) is 14.4 Å². The SMILES string of the molecule is O=C(O)OC(=O)OC(=O)O.[AlH3].[AlH3].[Zn].[Zn]. The van der Waals surface area contributed by atoms with Gasteiger partial charge in [0.05, 0.1) is 0 Å². The number of carboxylic acid groups (broad SMARTS) is 2. The molecule has 0 unspecified atom stereocenters. The van der Waals surface area contributed by atoms with Crippen molar-refractivity contribution in [2.45, 2.75) is 0 Å². The van der Waals surface area contributed by atoms with E-state index in [4.69, 9.17) is 10.2 Å². The van der Waals surface area contributed by atoms with Crippen molar-refractivity contribution in [3.63, 3.8) is 0 Å². The van der Waals surface area contributed by atoms with Crippen molar-refractivity contribution in [2.24, 2.45) is 0 Å². The summed E-state index contributed by atoms with van der Waals surface area (Å²) < 4.78 is 6.47. The van der Waals surface area contributed by atoms with E-state index in [1.165, 1.54) is 0 Å². The van der Waals surface area contributed by atoms with Crippen molar-refractivity contribution in [2.75, 3.05) is 0 Å². The molecule has 0 bridgehead atoms. The Morgan fingerprint density at radius 3 is 1.14 bits per heavy atom. The monoisotopic (exact) mass is 338 g/mol. The number of hydrogen-bond acceptors (Lipinski definition) is 5. The normalized spacial score (nSPS) is 5.71. The molecule has 0 aromatic heterocycles. The van der Waals surface area contributed by atoms with Crippen molar-refractivity contribution in [3.05, 3.63) is 0 Å². The van der Waals surface area contributed by atoms with E-state index in [2.05, 4.69) is 9.47 Å². The Balaban J connectivity index is -0.0000000675. The Labute approximate surface area is 125 Å². The molecule has 0 radical (unpaired) electrons. The summed E-state index contributed by atoms with van der Waals surface area (Å²) >= 11 is 0. The topological polar surface area (TPSA) is 110 Å². The Morgan fingerprint density at radius 1 is 0.786 bits per heavy atom. The van der Waals surface area contributed by atoms with Gasteiger partial charge in [-0.3, -0.25) is 0 Å². The van der Waals surface area contributed by atoms with E-state index in [0.717, 1.165) is 0 Å². The minimum absolute atomic E-state index is 0. The first kappa shape index (κ1) is 29.3. The zero-order valence-corrected chi connectivity index (χ0v) is 11.8. The van der Waals surface area contributed by atoms with Gasteiger partial charge in [-0.05, 0) is 0 Å². The van der Waals surface area contributed by atoms with Crippen molar-refractivity contribution >= 4 is 53.2 Å². The average Bonchev–Trinajstić information content (AvgIpc) is 1.58. The summed E-state index contributed by atoms with van der Waals surface area (Å²) in [7, 11) is 0. The molecule has 0 spiro atoms. The molecule has 0 aliphatic heterocycles. The van der Waals surface area contributed by atoms with Crippen molar-refractivity contribution in [1.82, 2.24) is 0 Å². The molecular formula is C3H8Al2O7Zn2. The minimum Gasteiger partial charge on any atom is -0.449 e. The standard InChI is InChI=1S/C3H2O7.2Al.2Zn.6H/c4-1(5)9-3(8)10-2(6)7;;;;;;;;;;/h(H,4,5)(H,6,7);;;;;;;;;;. The maximum atomic E-state index is 9.86. The summed E-state index contributed by atoms with van der Waals surface area (Å²) in [5, 5.41) is 15.4. The first-order valence-corrected chi connectivity index (χ1v) is 1.88. The van der Waals surface area contributed by atoms with E-state index in [1.807, 2.05) is 0 Å². The van der Waals surface area contributed by atoms with Gasteiger partial charge in [-0.15, -0.1) is 0 Å². The molecule has 0 aromatic carbocycles. The van der Waals surface area contributed by atoms with Gasteiger partial charge >= 0.3 is 18.5 Å². The Morgan fingerprint density at radius 2 is 1.00 bits per heavy atom. The third-order valence-corrected chi connectivity index (χ3v) is 0.341. The fraction of sp³-hybridized carbons (Fsp3) is 0. The zero-order chi connectivity index (χ0) is 8.15.